The molecule has 4 N–H and O–H groups in total. The van der Waals surface area contributed by atoms with Gasteiger partial charge in [-0.15, -0.1) is 0 Å². The van der Waals surface area contributed by atoms with Gasteiger partial charge in [0.15, 0.2) is 9.84 Å². The molecular weight excluding hydrogens is 568 g/mol. The largest absolute Gasteiger partial charge is 0.453 e. The zero-order valence-electron chi connectivity index (χ0n) is 24.3. The summed E-state index contributed by atoms with van der Waals surface area (Å²) in [7, 11) is -2.64. The Morgan fingerprint density at radius 1 is 1.12 bits per heavy atom. The number of ether oxygens (including phenoxy) is 1. The lowest BCUT2D eigenvalue weighted by Crippen LogP contribution is -2.57. The summed E-state index contributed by atoms with van der Waals surface area (Å²) in [5.74, 6) is -3.07. The maximum atomic E-state index is 14.2. The number of nitrogens with two attached hydrogens (primary N) is 1. The van der Waals surface area contributed by atoms with Gasteiger partial charge in [0.1, 0.15) is 17.7 Å². The molecule has 1 aliphatic rings. The lowest BCUT2D eigenvalue weighted by atomic mass is 9.96. The van der Waals surface area contributed by atoms with E-state index >= 15 is 0 Å². The van der Waals surface area contributed by atoms with Gasteiger partial charge in [-0.05, 0) is 60.9 Å². The number of aliphatic hydroxyl groups is 1. The van der Waals surface area contributed by atoms with Crippen molar-refractivity contribution in [3.05, 3.63) is 70.8 Å². The number of carbonyl (C=O) groups is 2. The monoisotopic (exact) mass is 609 g/mol. The molecule has 0 heterocycles. The van der Waals surface area contributed by atoms with Crippen LogP contribution in [0.1, 0.15) is 56.2 Å². The Balaban J connectivity index is 1.98. The fraction of sp³-hybridized carbons (Fsp3) is 0.533. The molecule has 2 aromatic rings. The summed E-state index contributed by atoms with van der Waals surface area (Å²) >= 11 is 0. The van der Waals surface area contributed by atoms with Gasteiger partial charge in [-0.3, -0.25) is 4.79 Å². The Kier molecular flexibility index (Phi) is 11.4. The molecule has 1 saturated carbocycles. The van der Waals surface area contributed by atoms with Crippen molar-refractivity contribution in [2.45, 2.75) is 76.1 Å². The number of hydrogen-bond donors (Lipinski definition) is 3. The summed E-state index contributed by atoms with van der Waals surface area (Å²) in [6.45, 7) is 3.54. The molecule has 1 aliphatic carbocycles. The van der Waals surface area contributed by atoms with Crippen LogP contribution >= 0.6 is 0 Å². The van der Waals surface area contributed by atoms with E-state index in [2.05, 4.69) is 10.1 Å². The van der Waals surface area contributed by atoms with Crippen LogP contribution < -0.4 is 11.1 Å². The van der Waals surface area contributed by atoms with Crippen LogP contribution in [-0.4, -0.2) is 73.8 Å². The van der Waals surface area contributed by atoms with Gasteiger partial charge in [-0.2, -0.15) is 0 Å². The number of nitrogens with zero attached hydrogens (tertiary/aromatic N) is 1. The summed E-state index contributed by atoms with van der Waals surface area (Å²) in [5, 5.41) is 13.6. The molecule has 0 aromatic heterocycles. The number of aliphatic hydroxyl groups excluding tert-OH is 1. The molecule has 232 valence electrons. The molecular formula is C30H41F2N3O6S. The minimum Gasteiger partial charge on any atom is -0.453 e. The first-order valence-corrected chi connectivity index (χ1v) is 16.0. The third-order valence-electron chi connectivity index (χ3n) is 7.64. The topological polar surface area (TPSA) is 139 Å². The van der Waals surface area contributed by atoms with Gasteiger partial charge >= 0.3 is 6.09 Å². The van der Waals surface area contributed by atoms with Gasteiger partial charge in [0.2, 0.25) is 5.91 Å². The molecule has 0 radical (unpaired) electrons. The maximum Gasteiger partial charge on any atom is 0.407 e. The number of carbonyl (C=O) groups excluding carboxylic acids is 2. The number of benzene rings is 2. The van der Waals surface area contributed by atoms with Crippen molar-refractivity contribution >= 4 is 21.8 Å². The number of sulfone groups is 1. The van der Waals surface area contributed by atoms with E-state index in [1.165, 1.54) is 4.90 Å². The van der Waals surface area contributed by atoms with Crippen LogP contribution in [0.3, 0.4) is 0 Å². The smallest absolute Gasteiger partial charge is 0.407 e. The molecule has 0 saturated heterocycles. The maximum absolute atomic E-state index is 14.2. The molecule has 3 atom stereocenters. The van der Waals surface area contributed by atoms with Crippen LogP contribution in [0.4, 0.5) is 13.6 Å². The Morgan fingerprint density at radius 2 is 1.79 bits per heavy atom. The van der Waals surface area contributed by atoms with E-state index in [9.17, 15) is 31.9 Å². The van der Waals surface area contributed by atoms with Crippen molar-refractivity contribution in [3.63, 3.8) is 0 Å². The molecule has 12 heteroatoms. The Labute approximate surface area is 246 Å². The van der Waals surface area contributed by atoms with Crippen LogP contribution in [0.25, 0.3) is 0 Å². The Bertz CT molecular complexity index is 1330. The molecule has 0 spiro atoms. The molecule has 2 aromatic carbocycles. The van der Waals surface area contributed by atoms with Crippen LogP contribution in [0.5, 0.6) is 0 Å². The molecule has 0 unspecified atom stereocenters. The molecule has 0 bridgehead atoms. The van der Waals surface area contributed by atoms with E-state index in [1.807, 2.05) is 38.1 Å². The highest BCUT2D eigenvalue weighted by atomic mass is 32.2. The number of aryl methyl sites for hydroxylation is 1. The molecule has 42 heavy (non-hydrogen) atoms. The standard InChI is InChI=1S/C30H41F2N3O6S/c1-4-6-12-42(39,40)19-26(34-29(38)41-3)28(37)35(30(10-11-30)22-9-7-8-20(5-2)13-22)18-27(36)25(33)16-21-14-23(31)17-24(32)15-21/h7-9,13-15,17,25-27,36H,4-6,10-12,16,18-19,33H2,1-3H3,(H,34,38)/t25-,26+,27+/m0/s1. The Hall–Kier alpha value is -3.09. The van der Waals surface area contributed by atoms with E-state index in [-0.39, 0.29) is 24.3 Å². The highest BCUT2D eigenvalue weighted by molar-refractivity contribution is 7.91. The zero-order chi connectivity index (χ0) is 31.1. The number of amides is 2. The average molecular weight is 610 g/mol. The summed E-state index contributed by atoms with van der Waals surface area (Å²) in [4.78, 5) is 27.8. The minimum atomic E-state index is -3.75. The molecule has 0 aliphatic heterocycles. The lowest BCUT2D eigenvalue weighted by Gasteiger charge is -2.38. The highest BCUT2D eigenvalue weighted by Crippen LogP contribution is 2.51. The second-order valence-corrected chi connectivity index (χ2v) is 13.1. The van der Waals surface area contributed by atoms with Crippen molar-refractivity contribution in [1.29, 1.82) is 0 Å². The lowest BCUT2D eigenvalue weighted by molar-refractivity contribution is -0.138. The predicted molar refractivity (Wildman–Crippen MR) is 155 cm³/mol. The van der Waals surface area contributed by atoms with Crippen LogP contribution in [0.2, 0.25) is 0 Å². The predicted octanol–water partition coefficient (Wildman–Crippen LogP) is 3.22. The van der Waals surface area contributed by atoms with Gasteiger partial charge in [0.05, 0.1) is 30.3 Å². The van der Waals surface area contributed by atoms with Crippen molar-refractivity contribution in [1.82, 2.24) is 10.2 Å². The number of methoxy groups -OCH3 is 1. The second-order valence-electron chi connectivity index (χ2n) is 10.9. The zero-order valence-corrected chi connectivity index (χ0v) is 25.1. The van der Waals surface area contributed by atoms with Gasteiger partial charge in [0.25, 0.3) is 0 Å². The number of rotatable bonds is 15. The van der Waals surface area contributed by atoms with Gasteiger partial charge in [-0.1, -0.05) is 44.5 Å². The first-order chi connectivity index (χ1) is 19.8. The second kappa shape index (κ2) is 14.4. The summed E-state index contributed by atoms with van der Waals surface area (Å²) in [6, 6.07) is 8.14. The minimum absolute atomic E-state index is 0.0779. The van der Waals surface area contributed by atoms with E-state index in [1.54, 1.807) is 0 Å². The number of nitrogens with one attached hydrogen (secondary N) is 1. The summed E-state index contributed by atoms with van der Waals surface area (Å²) in [6.07, 6.45) is 0.457. The summed E-state index contributed by atoms with van der Waals surface area (Å²) < 4.78 is 58.0. The van der Waals surface area contributed by atoms with Crippen molar-refractivity contribution in [2.24, 2.45) is 5.73 Å². The Morgan fingerprint density at radius 3 is 2.36 bits per heavy atom. The molecule has 9 nitrogen and oxygen atoms in total. The van der Waals surface area contributed by atoms with Gasteiger partial charge in [0, 0.05) is 18.7 Å². The van der Waals surface area contributed by atoms with Crippen molar-refractivity contribution in [3.8, 4) is 0 Å². The van der Waals surface area contributed by atoms with E-state index in [0.29, 0.717) is 25.7 Å². The van der Waals surface area contributed by atoms with Crippen molar-refractivity contribution < 1.29 is 36.6 Å². The van der Waals surface area contributed by atoms with Crippen LogP contribution in [0, 0.1) is 11.6 Å². The first-order valence-electron chi connectivity index (χ1n) is 14.2. The fourth-order valence-electron chi connectivity index (χ4n) is 5.11. The number of halogens is 2. The first kappa shape index (κ1) is 33.4. The highest BCUT2D eigenvalue weighted by Gasteiger charge is 2.53. The molecule has 1 fully saturated rings. The third kappa shape index (κ3) is 8.71. The number of unbranched alkanes of at least 4 members (excludes halogenated alkanes) is 1. The molecule has 3 rings (SSSR count). The number of alkyl carbamates (subject to hydrolysis) is 1. The van der Waals surface area contributed by atoms with E-state index < -0.39 is 63.0 Å². The normalized spacial score (nSPS) is 16.3. The fourth-order valence-corrected chi connectivity index (χ4v) is 6.74. The molecule has 2 amide bonds. The summed E-state index contributed by atoms with van der Waals surface area (Å²) in [5.41, 5.74) is 7.48. The quantitative estimate of drug-likeness (QED) is 0.282. The SMILES string of the molecule is CCCCS(=O)(=O)C[C@@H](NC(=O)OC)C(=O)N(C[C@@H](O)[C@@H](N)Cc1cc(F)cc(F)c1)C1(c2cccc(CC)c2)CC1. The van der Waals surface area contributed by atoms with E-state index in [4.69, 9.17) is 5.73 Å². The third-order valence-corrected chi connectivity index (χ3v) is 9.39. The van der Waals surface area contributed by atoms with E-state index in [0.717, 1.165) is 42.9 Å². The van der Waals surface area contributed by atoms with Crippen molar-refractivity contribution in [2.75, 3.05) is 25.2 Å². The average Bonchev–Trinajstić information content (AvgIpc) is 3.75. The van der Waals surface area contributed by atoms with Gasteiger partial charge < -0.3 is 25.8 Å². The van der Waals surface area contributed by atoms with Crippen LogP contribution in [-0.2, 0) is 37.7 Å². The van der Waals surface area contributed by atoms with Gasteiger partial charge in [-0.25, -0.2) is 22.0 Å². The number of hydrogen-bond acceptors (Lipinski definition) is 7. The van der Waals surface area contributed by atoms with Crippen LogP contribution in [0.15, 0.2) is 42.5 Å².